The number of ether oxygens (including phenoxy) is 1. The number of aliphatic imine (C=N–C) groups is 1. The highest BCUT2D eigenvalue weighted by Gasteiger charge is 2.29. The summed E-state index contributed by atoms with van der Waals surface area (Å²) in [7, 11) is -1.50. The fourth-order valence-electron chi connectivity index (χ4n) is 1.000. The van der Waals surface area contributed by atoms with Crippen LogP contribution in [0.2, 0.25) is 0 Å². The van der Waals surface area contributed by atoms with Gasteiger partial charge in [-0.25, -0.2) is 8.42 Å². The zero-order valence-electron chi connectivity index (χ0n) is 11.9. The maximum absolute atomic E-state index is 11.6. The van der Waals surface area contributed by atoms with E-state index in [1.165, 1.54) is 6.26 Å². The van der Waals surface area contributed by atoms with Crippen LogP contribution in [0.25, 0.3) is 0 Å². The lowest BCUT2D eigenvalue weighted by Gasteiger charge is -2.21. The Hall–Kier alpha value is -0.820. The molecule has 0 atom stereocenters. The van der Waals surface area contributed by atoms with Crippen LogP contribution in [0.4, 0.5) is 0 Å². The van der Waals surface area contributed by atoms with Crippen LogP contribution in [0.5, 0.6) is 0 Å². The fourth-order valence-corrected chi connectivity index (χ4v) is 1.30. The Kier molecular flexibility index (Phi) is 7.23. The minimum atomic E-state index is -3.13. The van der Waals surface area contributed by atoms with Crippen LogP contribution in [-0.4, -0.2) is 58.7 Å². The van der Waals surface area contributed by atoms with E-state index in [2.05, 4.69) is 15.6 Å². The second-order valence-electron chi connectivity index (χ2n) is 4.65. The largest absolute Gasteiger partial charge is 0.383 e. The third-order valence-corrected chi connectivity index (χ3v) is 4.70. The molecule has 0 aromatic heterocycles. The Morgan fingerprint density at radius 1 is 1.33 bits per heavy atom. The minimum Gasteiger partial charge on any atom is -0.383 e. The second kappa shape index (κ2) is 7.58. The molecule has 0 radical (unpaired) electrons. The van der Waals surface area contributed by atoms with Crippen molar-refractivity contribution in [1.82, 2.24) is 10.6 Å². The molecule has 0 amide bonds. The minimum absolute atomic E-state index is 0.216. The van der Waals surface area contributed by atoms with Gasteiger partial charge in [0.15, 0.2) is 15.8 Å². The molecule has 0 saturated heterocycles. The number of guanidine groups is 1. The van der Waals surface area contributed by atoms with Gasteiger partial charge in [-0.05, 0) is 20.8 Å². The maximum Gasteiger partial charge on any atom is 0.191 e. The van der Waals surface area contributed by atoms with E-state index in [4.69, 9.17) is 4.74 Å². The van der Waals surface area contributed by atoms with Crippen molar-refractivity contribution in [2.75, 3.05) is 39.6 Å². The highest BCUT2D eigenvalue weighted by atomic mass is 32.2. The van der Waals surface area contributed by atoms with Gasteiger partial charge in [-0.2, -0.15) is 0 Å². The smallest absolute Gasteiger partial charge is 0.191 e. The van der Waals surface area contributed by atoms with Gasteiger partial charge in [0.05, 0.1) is 17.9 Å². The van der Waals surface area contributed by atoms with Gasteiger partial charge >= 0.3 is 0 Å². The zero-order valence-corrected chi connectivity index (χ0v) is 12.7. The van der Waals surface area contributed by atoms with Crippen LogP contribution in [-0.2, 0) is 14.6 Å². The van der Waals surface area contributed by atoms with E-state index in [9.17, 15) is 8.42 Å². The number of nitrogens with one attached hydrogen (secondary N) is 2. The van der Waals surface area contributed by atoms with Crippen LogP contribution in [0, 0.1) is 0 Å². The molecule has 7 heteroatoms. The van der Waals surface area contributed by atoms with Crippen LogP contribution in [0.1, 0.15) is 20.8 Å². The summed E-state index contributed by atoms with van der Waals surface area (Å²) in [5.41, 5.74) is 0. The highest BCUT2D eigenvalue weighted by Crippen LogP contribution is 2.14. The molecule has 108 valence electrons. The summed E-state index contributed by atoms with van der Waals surface area (Å²) in [6.45, 7) is 7.43. The predicted molar refractivity (Wildman–Crippen MR) is 74.8 cm³/mol. The number of methoxy groups -OCH3 is 1. The number of rotatable bonds is 7. The fraction of sp³-hybridized carbons (Fsp3) is 0.909. The molecule has 0 unspecified atom stereocenters. The van der Waals surface area contributed by atoms with Crippen molar-refractivity contribution in [2.24, 2.45) is 4.99 Å². The highest BCUT2D eigenvalue weighted by molar-refractivity contribution is 7.92. The summed E-state index contributed by atoms with van der Waals surface area (Å²) in [6, 6.07) is 0. The quantitative estimate of drug-likeness (QED) is 0.390. The molecule has 0 saturated carbocycles. The number of hydrogen-bond acceptors (Lipinski definition) is 4. The summed E-state index contributed by atoms with van der Waals surface area (Å²) in [6.07, 6.45) is 1.23. The van der Waals surface area contributed by atoms with Gasteiger partial charge in [-0.15, -0.1) is 0 Å². The van der Waals surface area contributed by atoms with Crippen LogP contribution in [0.15, 0.2) is 4.99 Å². The van der Waals surface area contributed by atoms with E-state index < -0.39 is 14.6 Å². The summed E-state index contributed by atoms with van der Waals surface area (Å²) in [5, 5.41) is 6.12. The first-order chi connectivity index (χ1) is 8.24. The summed E-state index contributed by atoms with van der Waals surface area (Å²) in [5.74, 6) is 0.603. The van der Waals surface area contributed by atoms with Crippen molar-refractivity contribution in [1.29, 1.82) is 0 Å². The van der Waals surface area contributed by atoms with Crippen LogP contribution >= 0.6 is 0 Å². The van der Waals surface area contributed by atoms with Crippen molar-refractivity contribution in [3.63, 3.8) is 0 Å². The number of sulfone groups is 1. The van der Waals surface area contributed by atoms with Gasteiger partial charge in [-0.3, -0.25) is 4.99 Å². The molecule has 0 rings (SSSR count). The van der Waals surface area contributed by atoms with Gasteiger partial charge in [0, 0.05) is 26.5 Å². The van der Waals surface area contributed by atoms with Crippen molar-refractivity contribution in [3.8, 4) is 0 Å². The average molecular weight is 279 g/mol. The lowest BCUT2D eigenvalue weighted by Crippen LogP contribution is -2.41. The average Bonchev–Trinajstić information content (AvgIpc) is 2.24. The van der Waals surface area contributed by atoms with Crippen LogP contribution < -0.4 is 10.6 Å². The third kappa shape index (κ3) is 6.20. The molecular weight excluding hydrogens is 254 g/mol. The van der Waals surface area contributed by atoms with E-state index in [0.29, 0.717) is 19.1 Å². The molecule has 0 aliphatic rings. The van der Waals surface area contributed by atoms with Gasteiger partial charge in [0.2, 0.25) is 0 Å². The molecule has 0 spiro atoms. The molecule has 0 aromatic carbocycles. The van der Waals surface area contributed by atoms with Gasteiger partial charge in [-0.1, -0.05) is 0 Å². The Morgan fingerprint density at radius 3 is 2.39 bits per heavy atom. The van der Waals surface area contributed by atoms with Crippen molar-refractivity contribution >= 4 is 15.8 Å². The van der Waals surface area contributed by atoms with E-state index in [0.717, 1.165) is 6.54 Å². The van der Waals surface area contributed by atoms with Gasteiger partial charge in [0.1, 0.15) is 0 Å². The normalized spacial score (nSPS) is 13.5. The lowest BCUT2D eigenvalue weighted by atomic mass is 10.2. The maximum atomic E-state index is 11.6. The topological polar surface area (TPSA) is 79.8 Å². The van der Waals surface area contributed by atoms with E-state index in [1.54, 1.807) is 21.0 Å². The number of nitrogens with zero attached hydrogens (tertiary/aromatic N) is 1. The molecule has 0 aliphatic heterocycles. The summed E-state index contributed by atoms with van der Waals surface area (Å²) >= 11 is 0. The first kappa shape index (κ1) is 17.2. The Balaban J connectivity index is 4.57. The van der Waals surface area contributed by atoms with E-state index >= 15 is 0 Å². The zero-order chi connectivity index (χ0) is 14.2. The first-order valence-electron chi connectivity index (χ1n) is 5.95. The molecule has 0 fully saturated rings. The number of hydrogen-bond donors (Lipinski definition) is 2. The molecule has 2 N–H and O–H groups in total. The Labute approximate surface area is 110 Å². The van der Waals surface area contributed by atoms with Crippen molar-refractivity contribution in [3.05, 3.63) is 0 Å². The lowest BCUT2D eigenvalue weighted by molar-refractivity contribution is 0.203. The molecule has 0 aromatic rings. The monoisotopic (exact) mass is 279 g/mol. The van der Waals surface area contributed by atoms with E-state index in [1.807, 2.05) is 6.92 Å². The van der Waals surface area contributed by atoms with Gasteiger partial charge in [0.25, 0.3) is 0 Å². The van der Waals surface area contributed by atoms with Crippen molar-refractivity contribution in [2.45, 2.75) is 25.5 Å². The summed E-state index contributed by atoms with van der Waals surface area (Å²) in [4.78, 5) is 4.28. The SMILES string of the molecule is CCNC(=NCC(C)(C)S(C)(=O)=O)NCCOC. The molecule has 18 heavy (non-hydrogen) atoms. The van der Waals surface area contributed by atoms with Gasteiger partial charge < -0.3 is 15.4 Å². The van der Waals surface area contributed by atoms with E-state index in [-0.39, 0.29) is 6.54 Å². The van der Waals surface area contributed by atoms with Crippen LogP contribution in [0.3, 0.4) is 0 Å². The molecule has 6 nitrogen and oxygen atoms in total. The van der Waals surface area contributed by atoms with Crippen molar-refractivity contribution < 1.29 is 13.2 Å². The summed E-state index contributed by atoms with van der Waals surface area (Å²) < 4.78 is 27.2. The Bertz CT molecular complexity index is 364. The molecular formula is C11H25N3O3S. The second-order valence-corrected chi connectivity index (χ2v) is 7.30. The molecule has 0 bridgehead atoms. The third-order valence-electron chi connectivity index (χ3n) is 2.56. The Morgan fingerprint density at radius 2 is 1.94 bits per heavy atom. The molecule has 0 heterocycles. The standard InChI is InChI=1S/C11H25N3O3S/c1-6-12-10(13-7-8-17-4)14-9-11(2,3)18(5,15)16/h6-9H2,1-5H3,(H2,12,13,14). The molecule has 0 aliphatic carbocycles. The predicted octanol–water partition coefficient (Wildman–Crippen LogP) is 0.0111. The first-order valence-corrected chi connectivity index (χ1v) is 7.84.